The van der Waals surface area contributed by atoms with E-state index in [1.165, 1.54) is 39.7 Å². The van der Waals surface area contributed by atoms with Crippen molar-refractivity contribution in [3.63, 3.8) is 0 Å². The third kappa shape index (κ3) is 4.04. The van der Waals surface area contributed by atoms with E-state index in [1.54, 1.807) is 50.6 Å². The van der Waals surface area contributed by atoms with Crippen LogP contribution in [0.15, 0.2) is 77.7 Å². The molecule has 3 aromatic carbocycles. The topological polar surface area (TPSA) is 79.8 Å². The third-order valence-corrected chi connectivity index (χ3v) is 7.94. The summed E-state index contributed by atoms with van der Waals surface area (Å²) in [5, 5.41) is 0.541. The van der Waals surface area contributed by atoms with Crippen LogP contribution >= 0.6 is 11.3 Å². The highest BCUT2D eigenvalue weighted by Crippen LogP contribution is 2.29. The quantitative estimate of drug-likeness (QED) is 0.420. The number of rotatable bonds is 6. The Morgan fingerprint density at radius 1 is 0.969 bits per heavy atom. The Morgan fingerprint density at radius 3 is 2.38 bits per heavy atom. The van der Waals surface area contributed by atoms with Crippen molar-refractivity contribution in [2.45, 2.75) is 4.90 Å². The number of amides is 1. The molecular formula is C23H21N3O4S2. The van der Waals surface area contributed by atoms with Crippen LogP contribution in [-0.2, 0) is 10.0 Å². The number of nitrogens with zero attached hydrogens (tertiary/aromatic N) is 3. The van der Waals surface area contributed by atoms with Gasteiger partial charge in [-0.2, -0.15) is 0 Å². The predicted octanol–water partition coefficient (Wildman–Crippen LogP) is 4.41. The fraction of sp³-hybridized carbons (Fsp3) is 0.130. The number of carbonyl (C=O) groups excluding carboxylic acids is 1. The normalized spacial score (nSPS) is 11.3. The zero-order chi connectivity index (χ0) is 22.9. The molecule has 0 saturated carbocycles. The Bertz CT molecular complexity index is 1350. The molecule has 0 aliphatic rings. The predicted molar refractivity (Wildman–Crippen MR) is 127 cm³/mol. The highest BCUT2D eigenvalue weighted by molar-refractivity contribution is 7.92. The smallest absolute Gasteiger partial charge is 0.264 e. The SMILES string of the molecule is COc1ccc(N(C)S(=O)(=O)c2cccc(C(=O)N(C)c3nc4ccccc4s3)c2)cc1. The van der Waals surface area contributed by atoms with Crippen molar-refractivity contribution >= 4 is 48.3 Å². The van der Waals surface area contributed by atoms with Crippen molar-refractivity contribution in [2.75, 3.05) is 30.4 Å². The number of para-hydroxylation sites is 1. The van der Waals surface area contributed by atoms with Crippen molar-refractivity contribution in [1.82, 2.24) is 4.98 Å². The van der Waals surface area contributed by atoms with Crippen LogP contribution in [0.4, 0.5) is 10.8 Å². The molecule has 0 spiro atoms. The average molecular weight is 468 g/mol. The molecule has 0 fully saturated rings. The highest BCUT2D eigenvalue weighted by atomic mass is 32.2. The minimum Gasteiger partial charge on any atom is -0.497 e. The van der Waals surface area contributed by atoms with Crippen molar-refractivity contribution in [2.24, 2.45) is 0 Å². The monoisotopic (exact) mass is 467 g/mol. The molecule has 0 atom stereocenters. The summed E-state index contributed by atoms with van der Waals surface area (Å²) in [6.07, 6.45) is 0. The zero-order valence-corrected chi connectivity index (χ0v) is 19.4. The summed E-state index contributed by atoms with van der Waals surface area (Å²) in [7, 11) is 0.776. The van der Waals surface area contributed by atoms with Crippen LogP contribution in [0.5, 0.6) is 5.75 Å². The molecule has 0 unspecified atom stereocenters. The average Bonchev–Trinajstić information content (AvgIpc) is 3.27. The van der Waals surface area contributed by atoms with Crippen molar-refractivity contribution < 1.29 is 17.9 Å². The number of sulfonamides is 1. The number of aromatic nitrogens is 1. The van der Waals surface area contributed by atoms with Crippen LogP contribution in [0.1, 0.15) is 10.4 Å². The molecule has 32 heavy (non-hydrogen) atoms. The van der Waals surface area contributed by atoms with Crippen LogP contribution < -0.4 is 13.9 Å². The molecule has 4 aromatic rings. The van der Waals surface area contributed by atoms with E-state index in [1.807, 2.05) is 24.3 Å². The molecular weight excluding hydrogens is 446 g/mol. The Balaban J connectivity index is 1.62. The molecule has 0 radical (unpaired) electrons. The molecule has 1 amide bonds. The van der Waals surface area contributed by atoms with Gasteiger partial charge in [-0.3, -0.25) is 14.0 Å². The summed E-state index contributed by atoms with van der Waals surface area (Å²) in [5.74, 6) is 0.290. The second-order valence-electron chi connectivity index (χ2n) is 7.03. The van der Waals surface area contributed by atoms with Gasteiger partial charge in [0.25, 0.3) is 15.9 Å². The lowest BCUT2D eigenvalue weighted by Crippen LogP contribution is -2.28. The van der Waals surface area contributed by atoms with E-state index >= 15 is 0 Å². The Labute approximate surface area is 190 Å². The van der Waals surface area contributed by atoms with Crippen LogP contribution in [0.3, 0.4) is 0 Å². The van der Waals surface area contributed by atoms with Gasteiger partial charge in [0, 0.05) is 19.7 Å². The van der Waals surface area contributed by atoms with Gasteiger partial charge in [-0.15, -0.1) is 0 Å². The number of carbonyl (C=O) groups is 1. The van der Waals surface area contributed by atoms with Gasteiger partial charge in [-0.1, -0.05) is 29.5 Å². The molecule has 4 rings (SSSR count). The first-order chi connectivity index (χ1) is 15.3. The summed E-state index contributed by atoms with van der Waals surface area (Å²) in [5.41, 5.74) is 1.55. The third-order valence-electron chi connectivity index (χ3n) is 5.05. The van der Waals surface area contributed by atoms with Gasteiger partial charge in [-0.25, -0.2) is 13.4 Å². The number of methoxy groups -OCH3 is 1. The summed E-state index contributed by atoms with van der Waals surface area (Å²) < 4.78 is 33.6. The second kappa shape index (κ2) is 8.60. The number of hydrogen-bond acceptors (Lipinski definition) is 6. The van der Waals surface area contributed by atoms with Gasteiger partial charge in [0.15, 0.2) is 5.13 Å². The van der Waals surface area contributed by atoms with Gasteiger partial charge < -0.3 is 4.74 Å². The summed E-state index contributed by atoms with van der Waals surface area (Å²) >= 11 is 1.40. The number of benzene rings is 3. The maximum Gasteiger partial charge on any atom is 0.264 e. The minimum absolute atomic E-state index is 0.0272. The van der Waals surface area contributed by atoms with Crippen molar-refractivity contribution in [3.05, 3.63) is 78.4 Å². The molecule has 0 aliphatic heterocycles. The molecule has 9 heteroatoms. The van der Waals surface area contributed by atoms with E-state index in [2.05, 4.69) is 4.98 Å². The molecule has 0 N–H and O–H groups in total. The first-order valence-corrected chi connectivity index (χ1v) is 11.9. The summed E-state index contributed by atoms with van der Waals surface area (Å²) in [6.45, 7) is 0. The van der Waals surface area contributed by atoms with Gasteiger partial charge in [0.05, 0.1) is 27.9 Å². The molecule has 1 aromatic heterocycles. The number of thiazole rings is 1. The van der Waals surface area contributed by atoms with Crippen LogP contribution in [-0.4, -0.2) is 40.5 Å². The lowest BCUT2D eigenvalue weighted by Gasteiger charge is -2.20. The van der Waals surface area contributed by atoms with E-state index in [0.29, 0.717) is 16.6 Å². The van der Waals surface area contributed by atoms with Gasteiger partial charge in [0.2, 0.25) is 0 Å². The fourth-order valence-corrected chi connectivity index (χ4v) is 5.33. The number of hydrogen-bond donors (Lipinski definition) is 0. The number of anilines is 2. The van der Waals surface area contributed by atoms with Crippen molar-refractivity contribution in [3.8, 4) is 5.75 Å². The first kappa shape index (κ1) is 21.8. The highest BCUT2D eigenvalue weighted by Gasteiger charge is 2.24. The maximum atomic E-state index is 13.2. The zero-order valence-electron chi connectivity index (χ0n) is 17.7. The Morgan fingerprint density at radius 2 is 1.69 bits per heavy atom. The fourth-order valence-electron chi connectivity index (χ4n) is 3.16. The molecule has 1 heterocycles. The van der Waals surface area contributed by atoms with Crippen LogP contribution in [0.25, 0.3) is 10.2 Å². The minimum atomic E-state index is -3.87. The molecule has 164 valence electrons. The van der Waals surface area contributed by atoms with Crippen molar-refractivity contribution in [1.29, 1.82) is 0 Å². The lowest BCUT2D eigenvalue weighted by molar-refractivity contribution is 0.0993. The van der Waals surface area contributed by atoms with Gasteiger partial charge >= 0.3 is 0 Å². The lowest BCUT2D eigenvalue weighted by atomic mass is 10.2. The molecule has 0 bridgehead atoms. The van der Waals surface area contributed by atoms with E-state index in [9.17, 15) is 13.2 Å². The second-order valence-corrected chi connectivity index (χ2v) is 10.0. The summed E-state index contributed by atoms with van der Waals surface area (Å²) in [4.78, 5) is 19.0. The number of ether oxygens (including phenoxy) is 1. The van der Waals surface area contributed by atoms with E-state index < -0.39 is 10.0 Å². The summed E-state index contributed by atoms with van der Waals surface area (Å²) in [6, 6.07) is 20.4. The Kier molecular flexibility index (Phi) is 5.86. The molecule has 0 aliphatic carbocycles. The molecule has 0 saturated heterocycles. The first-order valence-electron chi connectivity index (χ1n) is 9.68. The number of fused-ring (bicyclic) bond motifs is 1. The molecule has 7 nitrogen and oxygen atoms in total. The van der Waals surface area contributed by atoms with Crippen LogP contribution in [0, 0.1) is 0 Å². The maximum absolute atomic E-state index is 13.2. The van der Waals surface area contributed by atoms with Gasteiger partial charge in [0.1, 0.15) is 5.75 Å². The van der Waals surface area contributed by atoms with E-state index in [-0.39, 0.29) is 16.4 Å². The van der Waals surface area contributed by atoms with E-state index in [4.69, 9.17) is 4.74 Å². The standard InChI is InChI=1S/C23H21N3O4S2/c1-25(23-24-20-9-4-5-10-21(20)31-23)22(27)16-7-6-8-19(15-16)32(28,29)26(2)17-11-13-18(30-3)14-12-17/h4-15H,1-3H3. The van der Waals surface area contributed by atoms with E-state index in [0.717, 1.165) is 10.2 Å². The van der Waals surface area contributed by atoms with Crippen LogP contribution in [0.2, 0.25) is 0 Å². The van der Waals surface area contributed by atoms with Gasteiger partial charge in [-0.05, 0) is 54.6 Å². The largest absolute Gasteiger partial charge is 0.497 e. The Hall–Kier alpha value is -3.43.